The number of halogens is 1. The van der Waals surface area contributed by atoms with Crippen LogP contribution in [0.15, 0.2) is 71.5 Å². The quantitative estimate of drug-likeness (QED) is 0.705. The predicted molar refractivity (Wildman–Crippen MR) is 101 cm³/mol. The van der Waals surface area contributed by atoms with Gasteiger partial charge in [0.1, 0.15) is 0 Å². The van der Waals surface area contributed by atoms with Crippen molar-refractivity contribution in [1.29, 1.82) is 0 Å². The Labute approximate surface area is 154 Å². The van der Waals surface area contributed by atoms with Gasteiger partial charge >= 0.3 is 0 Å². The molecule has 0 atom stereocenters. The lowest BCUT2D eigenvalue weighted by Crippen LogP contribution is -2.27. The van der Waals surface area contributed by atoms with Gasteiger partial charge in [0.05, 0.1) is 23.5 Å². The topological polar surface area (TPSA) is 54.9 Å². The average Bonchev–Trinajstić information content (AvgIpc) is 3.46. The molecule has 4 rings (SSSR count). The summed E-state index contributed by atoms with van der Waals surface area (Å²) in [4.78, 5) is 21.5. The number of anilines is 1. The molecule has 1 heterocycles. The molecule has 5 heteroatoms. The minimum absolute atomic E-state index is 0.00545. The largest absolute Gasteiger partial charge is 0.323 e. The lowest BCUT2D eigenvalue weighted by Gasteiger charge is -2.15. The Morgan fingerprint density at radius 3 is 2.20 bits per heavy atom. The second kappa shape index (κ2) is 6.41. The van der Waals surface area contributed by atoms with E-state index >= 15 is 0 Å². The number of rotatable bonds is 4. The van der Waals surface area contributed by atoms with Crippen LogP contribution in [-0.4, -0.2) is 15.9 Å². The van der Waals surface area contributed by atoms with Crippen molar-refractivity contribution in [1.82, 2.24) is 9.97 Å². The third-order valence-electron chi connectivity index (χ3n) is 4.52. The molecular weight excluding hydrogens is 378 g/mol. The van der Waals surface area contributed by atoms with Crippen molar-refractivity contribution < 1.29 is 4.79 Å². The molecule has 1 aromatic heterocycles. The maximum absolute atomic E-state index is 12.8. The van der Waals surface area contributed by atoms with E-state index < -0.39 is 5.41 Å². The molecule has 3 aromatic rings. The number of aromatic nitrogens is 2. The predicted octanol–water partition coefficient (Wildman–Crippen LogP) is 4.58. The average molecular weight is 394 g/mol. The number of carbonyl (C=O) groups is 1. The van der Waals surface area contributed by atoms with E-state index in [9.17, 15) is 4.79 Å². The lowest BCUT2D eigenvalue weighted by atomic mass is 9.95. The Balaban J connectivity index is 1.50. The summed E-state index contributed by atoms with van der Waals surface area (Å²) in [5.74, 6) is 0.651. The first-order chi connectivity index (χ1) is 12.2. The summed E-state index contributed by atoms with van der Waals surface area (Å²) in [6.45, 7) is 0. The molecule has 0 unspecified atom stereocenters. The fraction of sp³-hybridized carbons (Fsp3) is 0.150. The van der Waals surface area contributed by atoms with E-state index in [-0.39, 0.29) is 5.91 Å². The number of carbonyl (C=O) groups excluding carboxylic acids is 1. The first kappa shape index (κ1) is 16.0. The lowest BCUT2D eigenvalue weighted by molar-refractivity contribution is -0.118. The van der Waals surface area contributed by atoms with Crippen LogP contribution < -0.4 is 5.32 Å². The molecule has 0 aliphatic heterocycles. The molecule has 1 aliphatic carbocycles. The smallest absolute Gasteiger partial charge is 0.235 e. The fourth-order valence-electron chi connectivity index (χ4n) is 2.92. The van der Waals surface area contributed by atoms with Crippen LogP contribution >= 0.6 is 15.9 Å². The zero-order valence-corrected chi connectivity index (χ0v) is 15.0. The molecule has 1 aliphatic rings. The first-order valence-corrected chi connectivity index (χ1v) is 8.92. The van der Waals surface area contributed by atoms with Gasteiger partial charge in [0.15, 0.2) is 5.82 Å². The Hall–Kier alpha value is -2.53. The van der Waals surface area contributed by atoms with E-state index in [0.29, 0.717) is 11.5 Å². The molecule has 0 bridgehead atoms. The van der Waals surface area contributed by atoms with Crippen LogP contribution in [0.3, 0.4) is 0 Å². The van der Waals surface area contributed by atoms with Gasteiger partial charge in [-0.3, -0.25) is 4.79 Å². The summed E-state index contributed by atoms with van der Waals surface area (Å²) >= 11 is 3.43. The summed E-state index contributed by atoms with van der Waals surface area (Å²) < 4.78 is 1.01. The highest BCUT2D eigenvalue weighted by atomic mass is 79.9. The molecule has 25 heavy (non-hydrogen) atoms. The first-order valence-electron chi connectivity index (χ1n) is 8.12. The van der Waals surface area contributed by atoms with Gasteiger partial charge in [0.2, 0.25) is 5.91 Å². The highest BCUT2D eigenvalue weighted by Crippen LogP contribution is 2.49. The van der Waals surface area contributed by atoms with Crippen LogP contribution in [0.1, 0.15) is 18.4 Å². The van der Waals surface area contributed by atoms with Crippen molar-refractivity contribution in [2.24, 2.45) is 0 Å². The standard InChI is InChI=1S/C20H16BrN3O/c21-16-8-6-15(7-9-16)20(10-11-20)19(25)24-17-12-22-18(23-13-17)14-4-2-1-3-5-14/h1-9,12-13H,10-11H2,(H,24,25). The molecule has 0 spiro atoms. The maximum atomic E-state index is 12.8. The zero-order valence-electron chi connectivity index (χ0n) is 13.4. The number of amides is 1. The number of benzene rings is 2. The van der Waals surface area contributed by atoms with E-state index in [0.717, 1.165) is 28.4 Å². The second-order valence-electron chi connectivity index (χ2n) is 6.20. The molecule has 1 saturated carbocycles. The van der Waals surface area contributed by atoms with Gasteiger partial charge in [-0.2, -0.15) is 0 Å². The molecule has 0 radical (unpaired) electrons. The number of nitrogens with one attached hydrogen (secondary N) is 1. The van der Waals surface area contributed by atoms with Crippen LogP contribution in [-0.2, 0) is 10.2 Å². The van der Waals surface area contributed by atoms with Crippen molar-refractivity contribution in [2.75, 3.05) is 5.32 Å². The van der Waals surface area contributed by atoms with Crippen LogP contribution in [0, 0.1) is 0 Å². The Kier molecular flexibility index (Phi) is 4.09. The molecule has 4 nitrogen and oxygen atoms in total. The number of hydrogen-bond donors (Lipinski definition) is 1. The number of nitrogens with zero attached hydrogens (tertiary/aromatic N) is 2. The molecular formula is C20H16BrN3O. The Morgan fingerprint density at radius 2 is 1.60 bits per heavy atom. The monoisotopic (exact) mass is 393 g/mol. The van der Waals surface area contributed by atoms with Gasteiger partial charge in [-0.1, -0.05) is 58.4 Å². The van der Waals surface area contributed by atoms with E-state index in [1.807, 2.05) is 54.6 Å². The van der Waals surface area contributed by atoms with Crippen molar-refractivity contribution in [3.8, 4) is 11.4 Å². The van der Waals surface area contributed by atoms with Crippen LogP contribution in [0.4, 0.5) is 5.69 Å². The maximum Gasteiger partial charge on any atom is 0.235 e. The van der Waals surface area contributed by atoms with E-state index in [2.05, 4.69) is 31.2 Å². The highest BCUT2D eigenvalue weighted by Gasteiger charge is 2.51. The molecule has 0 saturated heterocycles. The minimum Gasteiger partial charge on any atom is -0.323 e. The number of hydrogen-bond acceptors (Lipinski definition) is 3. The molecule has 1 fully saturated rings. The van der Waals surface area contributed by atoms with Gasteiger partial charge in [0.25, 0.3) is 0 Å². The van der Waals surface area contributed by atoms with Crippen LogP contribution in [0.25, 0.3) is 11.4 Å². The summed E-state index contributed by atoms with van der Waals surface area (Å²) in [5.41, 5.74) is 2.20. The molecule has 124 valence electrons. The van der Waals surface area contributed by atoms with E-state index in [1.165, 1.54) is 0 Å². The van der Waals surface area contributed by atoms with E-state index in [1.54, 1.807) is 12.4 Å². The normalized spacial score (nSPS) is 14.8. The SMILES string of the molecule is O=C(Nc1cnc(-c2ccccc2)nc1)C1(c2ccc(Br)cc2)CC1. The summed E-state index contributed by atoms with van der Waals surface area (Å²) in [7, 11) is 0. The van der Waals surface area contributed by atoms with Crippen molar-refractivity contribution in [3.05, 3.63) is 77.0 Å². The summed E-state index contributed by atoms with van der Waals surface area (Å²) in [6.07, 6.45) is 5.04. The van der Waals surface area contributed by atoms with Crippen molar-refractivity contribution in [2.45, 2.75) is 18.3 Å². The van der Waals surface area contributed by atoms with Crippen molar-refractivity contribution in [3.63, 3.8) is 0 Å². The van der Waals surface area contributed by atoms with Gasteiger partial charge in [-0.25, -0.2) is 9.97 Å². The van der Waals surface area contributed by atoms with Crippen molar-refractivity contribution >= 4 is 27.5 Å². The molecule has 1 N–H and O–H groups in total. The Morgan fingerprint density at radius 1 is 0.960 bits per heavy atom. The highest BCUT2D eigenvalue weighted by molar-refractivity contribution is 9.10. The minimum atomic E-state index is -0.418. The summed E-state index contributed by atoms with van der Waals surface area (Å²) in [5, 5.41) is 2.96. The third kappa shape index (κ3) is 3.20. The Bertz CT molecular complexity index is 888. The fourth-order valence-corrected chi connectivity index (χ4v) is 3.18. The zero-order chi connectivity index (χ0) is 17.3. The van der Waals surface area contributed by atoms with Crippen LogP contribution in [0.5, 0.6) is 0 Å². The van der Waals surface area contributed by atoms with Crippen LogP contribution in [0.2, 0.25) is 0 Å². The molecule has 1 amide bonds. The van der Waals surface area contributed by atoms with Gasteiger partial charge < -0.3 is 5.32 Å². The van der Waals surface area contributed by atoms with E-state index in [4.69, 9.17) is 0 Å². The second-order valence-corrected chi connectivity index (χ2v) is 7.12. The summed E-state index contributed by atoms with van der Waals surface area (Å²) in [6, 6.07) is 17.7. The third-order valence-corrected chi connectivity index (χ3v) is 5.05. The molecule has 2 aromatic carbocycles. The van der Waals surface area contributed by atoms with Gasteiger partial charge in [-0.05, 0) is 30.5 Å². The van der Waals surface area contributed by atoms with Gasteiger partial charge in [0, 0.05) is 10.0 Å². The van der Waals surface area contributed by atoms with Gasteiger partial charge in [-0.15, -0.1) is 0 Å².